The van der Waals surface area contributed by atoms with Crippen molar-refractivity contribution < 1.29 is 17.9 Å². The van der Waals surface area contributed by atoms with Crippen LogP contribution in [-0.4, -0.2) is 84.9 Å². The lowest BCUT2D eigenvalue weighted by Gasteiger charge is -2.27. The van der Waals surface area contributed by atoms with Gasteiger partial charge in [0.15, 0.2) is 5.65 Å². The molecule has 1 saturated heterocycles. The maximum absolute atomic E-state index is 14.0. The summed E-state index contributed by atoms with van der Waals surface area (Å²) in [6, 6.07) is 18.5. The molecule has 0 radical (unpaired) electrons. The normalized spacial score (nSPS) is 16.9. The fourth-order valence-corrected chi connectivity index (χ4v) is 7.92. The molecule has 1 atom stereocenters. The predicted molar refractivity (Wildman–Crippen MR) is 182 cm³/mol. The molecule has 7 rings (SSSR count). The molecule has 10 nitrogen and oxygen atoms in total. The average molecular weight is 651 g/mol. The fourth-order valence-electron chi connectivity index (χ4n) is 6.61. The summed E-state index contributed by atoms with van der Waals surface area (Å²) in [7, 11) is 1.70. The summed E-state index contributed by atoms with van der Waals surface area (Å²) in [5, 5.41) is 3.25. The molecule has 0 bridgehead atoms. The van der Waals surface area contributed by atoms with E-state index in [4.69, 9.17) is 14.7 Å². The highest BCUT2D eigenvalue weighted by molar-refractivity contribution is 7.90. The number of likely N-dealkylation sites (N-methyl/N-ethyl adjacent to an activating group) is 2. The number of fused-ring (bicyclic) bond motifs is 2. The molecule has 0 saturated carbocycles. The van der Waals surface area contributed by atoms with Crippen molar-refractivity contribution in [2.45, 2.75) is 37.2 Å². The van der Waals surface area contributed by atoms with E-state index in [1.807, 2.05) is 37.1 Å². The second-order valence-electron chi connectivity index (χ2n) is 12.5. The molecule has 1 fully saturated rings. The van der Waals surface area contributed by atoms with E-state index in [0.29, 0.717) is 41.5 Å². The van der Waals surface area contributed by atoms with Gasteiger partial charge in [0.1, 0.15) is 11.3 Å². The van der Waals surface area contributed by atoms with Crippen molar-refractivity contribution in [3.05, 3.63) is 95.3 Å². The van der Waals surface area contributed by atoms with Crippen molar-refractivity contribution in [1.29, 1.82) is 0 Å². The molecule has 1 N–H and O–H groups in total. The number of likely N-dealkylation sites (tertiary alicyclic amines) is 1. The van der Waals surface area contributed by atoms with Gasteiger partial charge in [-0.2, -0.15) is 0 Å². The number of nitrogens with one attached hydrogen (secondary N) is 1. The SMILES string of the molecule is CN[C@H]1CCN(C(=O)c2ccc(-c3cn(S(=O)(=O)c4ccc(C)cc4)c4ncc(-c5cc6c(c(OC)c5)CCN(C)C6)nc34)cc2)C1. The summed E-state index contributed by atoms with van der Waals surface area (Å²) in [5.74, 6) is 0.791. The minimum Gasteiger partial charge on any atom is -0.496 e. The second-order valence-corrected chi connectivity index (χ2v) is 14.3. The second kappa shape index (κ2) is 12.2. The lowest BCUT2D eigenvalue weighted by molar-refractivity contribution is 0.0789. The van der Waals surface area contributed by atoms with Gasteiger partial charge in [-0.15, -0.1) is 0 Å². The summed E-state index contributed by atoms with van der Waals surface area (Å²) in [4.78, 5) is 27.3. The summed E-state index contributed by atoms with van der Waals surface area (Å²) in [6.45, 7) is 5.04. The van der Waals surface area contributed by atoms with Crippen molar-refractivity contribution in [3.8, 4) is 28.1 Å². The molecule has 0 spiro atoms. The highest BCUT2D eigenvalue weighted by atomic mass is 32.2. The Bertz CT molecular complexity index is 2090. The van der Waals surface area contributed by atoms with Gasteiger partial charge in [0, 0.05) is 55.1 Å². The first-order valence-corrected chi connectivity index (χ1v) is 17.3. The zero-order valence-corrected chi connectivity index (χ0v) is 27.8. The van der Waals surface area contributed by atoms with Crippen LogP contribution in [0.2, 0.25) is 0 Å². The van der Waals surface area contributed by atoms with E-state index < -0.39 is 10.0 Å². The Morgan fingerprint density at radius 3 is 2.49 bits per heavy atom. The molecule has 242 valence electrons. The van der Waals surface area contributed by atoms with Crippen LogP contribution in [0.3, 0.4) is 0 Å². The van der Waals surface area contributed by atoms with Crippen molar-refractivity contribution in [2.75, 3.05) is 40.8 Å². The van der Waals surface area contributed by atoms with E-state index in [1.54, 1.807) is 55.9 Å². The standard InChI is InChI=1S/C36H38N6O4S/c1-23-5-11-29(12-6-23)47(44,45)42-22-31(24-7-9-25(10-8-24)36(43)41-16-13-28(21-41)37-2)34-35(42)38-19-32(39-34)26-17-27-20-40(3)15-14-30(27)33(18-26)46-4/h5-12,17-19,22,28,37H,13-16,20-21H2,1-4H3/t28-/m0/s1. The van der Waals surface area contributed by atoms with Crippen molar-refractivity contribution >= 4 is 27.1 Å². The number of hydrogen-bond acceptors (Lipinski definition) is 8. The number of carbonyl (C=O) groups excluding carboxylic acids is 1. The smallest absolute Gasteiger partial charge is 0.269 e. The van der Waals surface area contributed by atoms with E-state index in [-0.39, 0.29) is 16.4 Å². The number of nitrogens with zero attached hydrogens (tertiary/aromatic N) is 5. The quantitative estimate of drug-likeness (QED) is 0.269. The lowest BCUT2D eigenvalue weighted by atomic mass is 9.95. The summed E-state index contributed by atoms with van der Waals surface area (Å²) >= 11 is 0. The molecular weight excluding hydrogens is 613 g/mol. The van der Waals surface area contributed by atoms with E-state index >= 15 is 0 Å². The topological polar surface area (TPSA) is 110 Å². The van der Waals surface area contributed by atoms with E-state index in [0.717, 1.165) is 48.4 Å². The molecular formula is C36H38N6O4S. The lowest BCUT2D eigenvalue weighted by Crippen LogP contribution is -2.33. The van der Waals surface area contributed by atoms with Gasteiger partial charge in [0.2, 0.25) is 0 Å². The molecule has 0 aliphatic carbocycles. The number of carbonyl (C=O) groups is 1. The molecule has 1 amide bonds. The Hall–Kier alpha value is -4.58. The third-order valence-corrected chi connectivity index (χ3v) is 11.0. The molecule has 3 aromatic carbocycles. The first kappa shape index (κ1) is 31.0. The molecule has 0 unspecified atom stereocenters. The van der Waals surface area contributed by atoms with E-state index in [2.05, 4.69) is 23.3 Å². The van der Waals surface area contributed by atoms with Crippen LogP contribution in [0, 0.1) is 6.92 Å². The van der Waals surface area contributed by atoms with Crippen LogP contribution in [0.25, 0.3) is 33.5 Å². The maximum Gasteiger partial charge on any atom is 0.269 e. The molecule has 2 aliphatic heterocycles. The summed E-state index contributed by atoms with van der Waals surface area (Å²) in [6.07, 6.45) is 5.03. The van der Waals surface area contributed by atoms with Crippen LogP contribution in [-0.2, 0) is 23.0 Å². The Morgan fingerprint density at radius 1 is 1.02 bits per heavy atom. The average Bonchev–Trinajstić information content (AvgIpc) is 3.73. The zero-order chi connectivity index (χ0) is 32.9. The number of hydrogen-bond donors (Lipinski definition) is 1. The third kappa shape index (κ3) is 5.68. The van der Waals surface area contributed by atoms with Crippen LogP contribution in [0.4, 0.5) is 0 Å². The highest BCUT2D eigenvalue weighted by Crippen LogP contribution is 2.36. The Kier molecular flexibility index (Phi) is 8.07. The number of amides is 1. The van der Waals surface area contributed by atoms with Crippen molar-refractivity contribution in [1.82, 2.24) is 29.1 Å². The molecule has 4 heterocycles. The van der Waals surface area contributed by atoms with Gasteiger partial charge in [0.25, 0.3) is 15.9 Å². The fraction of sp³-hybridized carbons (Fsp3) is 0.306. The monoisotopic (exact) mass is 650 g/mol. The number of aryl methyl sites for hydroxylation is 1. The molecule has 2 aromatic heterocycles. The Labute approximate surface area is 275 Å². The minimum absolute atomic E-state index is 0.0206. The molecule has 5 aromatic rings. The van der Waals surface area contributed by atoms with Crippen LogP contribution < -0.4 is 10.1 Å². The number of ether oxygens (including phenoxy) is 1. The maximum atomic E-state index is 14.0. The largest absolute Gasteiger partial charge is 0.496 e. The van der Waals surface area contributed by atoms with Crippen LogP contribution in [0.5, 0.6) is 5.75 Å². The number of aromatic nitrogens is 3. The summed E-state index contributed by atoms with van der Waals surface area (Å²) in [5.41, 5.74) is 7.38. The van der Waals surface area contributed by atoms with E-state index in [9.17, 15) is 13.2 Å². The zero-order valence-electron chi connectivity index (χ0n) is 27.0. The van der Waals surface area contributed by atoms with Crippen LogP contribution in [0.1, 0.15) is 33.5 Å². The third-order valence-electron chi connectivity index (χ3n) is 9.37. The van der Waals surface area contributed by atoms with Gasteiger partial charge in [-0.05, 0) is 86.9 Å². The van der Waals surface area contributed by atoms with Gasteiger partial charge in [0.05, 0.1) is 23.9 Å². The predicted octanol–water partition coefficient (Wildman–Crippen LogP) is 4.74. The van der Waals surface area contributed by atoms with Gasteiger partial charge in [-0.1, -0.05) is 29.8 Å². The van der Waals surface area contributed by atoms with Crippen molar-refractivity contribution in [3.63, 3.8) is 0 Å². The first-order valence-electron chi connectivity index (χ1n) is 15.8. The molecule has 47 heavy (non-hydrogen) atoms. The Morgan fingerprint density at radius 2 is 1.79 bits per heavy atom. The van der Waals surface area contributed by atoms with Gasteiger partial charge < -0.3 is 19.9 Å². The van der Waals surface area contributed by atoms with Crippen molar-refractivity contribution in [2.24, 2.45) is 0 Å². The Balaban J connectivity index is 1.34. The number of benzene rings is 3. The van der Waals surface area contributed by atoms with Crippen LogP contribution in [0.15, 0.2) is 78.0 Å². The van der Waals surface area contributed by atoms with Gasteiger partial charge >= 0.3 is 0 Å². The molecule has 11 heteroatoms. The highest BCUT2D eigenvalue weighted by Gasteiger charge is 2.28. The summed E-state index contributed by atoms with van der Waals surface area (Å²) < 4.78 is 35.0. The molecule has 2 aliphatic rings. The van der Waals surface area contributed by atoms with Gasteiger partial charge in [-0.25, -0.2) is 22.4 Å². The number of methoxy groups -OCH3 is 1. The number of rotatable bonds is 7. The minimum atomic E-state index is -3.99. The van der Waals surface area contributed by atoms with E-state index in [1.165, 1.54) is 15.1 Å². The van der Waals surface area contributed by atoms with Gasteiger partial charge in [-0.3, -0.25) is 4.79 Å². The van der Waals surface area contributed by atoms with Crippen LogP contribution >= 0.6 is 0 Å². The first-order chi connectivity index (χ1) is 22.7.